The molecule has 4 amide bonds. The van der Waals surface area contributed by atoms with Crippen LogP contribution in [-0.2, 0) is 21.3 Å². The van der Waals surface area contributed by atoms with Crippen LogP contribution in [0.15, 0.2) is 48.5 Å². The smallest absolute Gasteiger partial charge is 0.418 e. The molecule has 0 aliphatic carbocycles. The first-order chi connectivity index (χ1) is 14.6. The van der Waals surface area contributed by atoms with E-state index in [1.54, 1.807) is 24.3 Å². The maximum Gasteiger partial charge on any atom is 0.418 e. The average molecular weight is 436 g/mol. The van der Waals surface area contributed by atoms with Crippen molar-refractivity contribution in [3.8, 4) is 5.75 Å². The number of anilines is 1. The maximum absolute atomic E-state index is 13.0. The van der Waals surface area contributed by atoms with Crippen molar-refractivity contribution in [1.82, 2.24) is 15.6 Å². The summed E-state index contributed by atoms with van der Waals surface area (Å²) in [5, 5.41) is 2.54. The SMILES string of the molecule is COc1ccc(C2(C)NC(=O)N(CC(=O)NNc3ccccc3C(F)(F)F)C2=O)cc1. The van der Waals surface area contributed by atoms with E-state index in [2.05, 4.69) is 16.2 Å². The number of carbonyl (C=O) groups excluding carboxylic acids is 3. The second-order valence-electron chi connectivity index (χ2n) is 6.89. The van der Waals surface area contributed by atoms with Gasteiger partial charge in [-0.05, 0) is 36.8 Å². The van der Waals surface area contributed by atoms with E-state index >= 15 is 0 Å². The molecular formula is C20H19F3N4O4. The average Bonchev–Trinajstić information content (AvgIpc) is 2.95. The van der Waals surface area contributed by atoms with E-state index < -0.39 is 41.7 Å². The molecule has 0 spiro atoms. The number of hydrogen-bond donors (Lipinski definition) is 3. The van der Waals surface area contributed by atoms with Gasteiger partial charge in [-0.1, -0.05) is 24.3 Å². The second-order valence-corrected chi connectivity index (χ2v) is 6.89. The number of hydrogen-bond acceptors (Lipinski definition) is 5. The molecule has 11 heteroatoms. The van der Waals surface area contributed by atoms with Gasteiger partial charge >= 0.3 is 12.2 Å². The third-order valence-corrected chi connectivity index (χ3v) is 4.81. The molecule has 1 unspecified atom stereocenters. The van der Waals surface area contributed by atoms with Gasteiger partial charge in [0.1, 0.15) is 17.8 Å². The van der Waals surface area contributed by atoms with Crippen LogP contribution in [-0.4, -0.2) is 36.4 Å². The molecule has 1 atom stereocenters. The van der Waals surface area contributed by atoms with Crippen LogP contribution >= 0.6 is 0 Å². The van der Waals surface area contributed by atoms with Gasteiger partial charge in [0.05, 0.1) is 18.4 Å². The van der Waals surface area contributed by atoms with E-state index in [0.29, 0.717) is 16.2 Å². The third-order valence-electron chi connectivity index (χ3n) is 4.81. The number of imide groups is 1. The molecule has 8 nitrogen and oxygen atoms in total. The molecule has 1 fully saturated rings. The van der Waals surface area contributed by atoms with Gasteiger partial charge < -0.3 is 10.1 Å². The highest BCUT2D eigenvalue weighted by atomic mass is 19.4. The number of nitrogens with one attached hydrogen (secondary N) is 3. The number of rotatable bonds is 6. The van der Waals surface area contributed by atoms with Crippen LogP contribution in [0.3, 0.4) is 0 Å². The van der Waals surface area contributed by atoms with E-state index in [0.717, 1.165) is 12.1 Å². The number of ether oxygens (including phenoxy) is 1. The summed E-state index contributed by atoms with van der Waals surface area (Å²) in [7, 11) is 1.49. The van der Waals surface area contributed by atoms with Gasteiger partial charge in [-0.15, -0.1) is 0 Å². The predicted molar refractivity (Wildman–Crippen MR) is 104 cm³/mol. The third kappa shape index (κ3) is 4.39. The normalized spacial score (nSPS) is 18.5. The number of methoxy groups -OCH3 is 1. The molecule has 1 saturated heterocycles. The maximum atomic E-state index is 13.0. The lowest BCUT2D eigenvalue weighted by Crippen LogP contribution is -2.44. The quantitative estimate of drug-likeness (QED) is 0.478. The van der Waals surface area contributed by atoms with Crippen molar-refractivity contribution in [3.05, 3.63) is 59.7 Å². The largest absolute Gasteiger partial charge is 0.497 e. The number of hydrazine groups is 1. The molecule has 164 valence electrons. The molecule has 2 aromatic rings. The number of carbonyl (C=O) groups is 3. The first-order valence-corrected chi connectivity index (χ1v) is 9.06. The van der Waals surface area contributed by atoms with Crippen molar-refractivity contribution in [2.45, 2.75) is 18.6 Å². The number of alkyl halides is 3. The van der Waals surface area contributed by atoms with E-state index in [-0.39, 0.29) is 5.69 Å². The molecule has 31 heavy (non-hydrogen) atoms. The highest BCUT2D eigenvalue weighted by Crippen LogP contribution is 2.34. The summed E-state index contributed by atoms with van der Waals surface area (Å²) in [6, 6.07) is 10.2. The van der Waals surface area contributed by atoms with Gasteiger partial charge in [-0.25, -0.2) is 4.79 Å². The second kappa shape index (κ2) is 8.17. The minimum Gasteiger partial charge on any atom is -0.497 e. The lowest BCUT2D eigenvalue weighted by molar-refractivity contribution is -0.137. The molecule has 1 aliphatic rings. The van der Waals surface area contributed by atoms with E-state index in [1.165, 1.54) is 26.2 Å². The van der Waals surface area contributed by atoms with Crippen LogP contribution in [0, 0.1) is 0 Å². The molecule has 2 aromatic carbocycles. The summed E-state index contributed by atoms with van der Waals surface area (Å²) in [5.74, 6) is -0.987. The van der Waals surface area contributed by atoms with Crippen LogP contribution in [0.25, 0.3) is 0 Å². The fourth-order valence-corrected chi connectivity index (χ4v) is 3.12. The standard InChI is InChI=1S/C20H19F3N4O4/c1-19(12-7-9-13(31-2)10-8-12)17(29)27(18(30)24-19)11-16(28)26-25-15-6-4-3-5-14(15)20(21,22)23/h3-10,25H,11H2,1-2H3,(H,24,30)(H,26,28). The Labute approximate surface area is 175 Å². The van der Waals surface area contributed by atoms with Crippen LogP contribution < -0.4 is 20.9 Å². The molecule has 0 radical (unpaired) electrons. The van der Waals surface area contributed by atoms with Gasteiger partial charge in [0.2, 0.25) is 0 Å². The zero-order valence-electron chi connectivity index (χ0n) is 16.5. The van der Waals surface area contributed by atoms with Gasteiger partial charge in [-0.3, -0.25) is 25.3 Å². The number of halogens is 3. The Morgan fingerprint density at radius 2 is 1.77 bits per heavy atom. The van der Waals surface area contributed by atoms with Crippen LogP contribution in [0.5, 0.6) is 5.75 Å². The number of amides is 4. The van der Waals surface area contributed by atoms with Crippen molar-refractivity contribution >= 4 is 23.5 Å². The van der Waals surface area contributed by atoms with Crippen LogP contribution in [0.2, 0.25) is 0 Å². The molecule has 0 saturated carbocycles. The Kier molecular flexibility index (Phi) is 5.78. The van der Waals surface area contributed by atoms with Crippen molar-refractivity contribution in [2.75, 3.05) is 19.1 Å². The van der Waals surface area contributed by atoms with Crippen LogP contribution in [0.1, 0.15) is 18.1 Å². The van der Waals surface area contributed by atoms with E-state index in [9.17, 15) is 27.6 Å². The Bertz CT molecular complexity index is 1010. The molecular weight excluding hydrogens is 417 g/mol. The Morgan fingerprint density at radius 3 is 2.39 bits per heavy atom. The summed E-state index contributed by atoms with van der Waals surface area (Å²) in [6.07, 6.45) is -4.63. The van der Waals surface area contributed by atoms with Crippen molar-refractivity contribution in [2.24, 2.45) is 0 Å². The van der Waals surface area contributed by atoms with Gasteiger partial charge in [0.25, 0.3) is 11.8 Å². The highest BCUT2D eigenvalue weighted by molar-refractivity contribution is 6.09. The number of urea groups is 1. The lowest BCUT2D eigenvalue weighted by atomic mass is 9.92. The molecule has 1 aliphatic heterocycles. The molecule has 3 rings (SSSR count). The first kappa shape index (κ1) is 21.9. The minimum atomic E-state index is -4.63. The molecule has 0 bridgehead atoms. The summed E-state index contributed by atoms with van der Waals surface area (Å²) in [4.78, 5) is 38.1. The predicted octanol–water partition coefficient (Wildman–Crippen LogP) is 2.62. The Morgan fingerprint density at radius 1 is 1.13 bits per heavy atom. The van der Waals surface area contributed by atoms with E-state index in [1.807, 2.05) is 0 Å². The van der Waals surface area contributed by atoms with Gasteiger partial charge in [0.15, 0.2) is 0 Å². The monoisotopic (exact) mass is 436 g/mol. The minimum absolute atomic E-state index is 0.372. The zero-order chi connectivity index (χ0) is 22.8. The van der Waals surface area contributed by atoms with Gasteiger partial charge in [-0.2, -0.15) is 13.2 Å². The fraction of sp³-hybridized carbons (Fsp3) is 0.250. The van der Waals surface area contributed by atoms with Gasteiger partial charge in [0, 0.05) is 0 Å². The first-order valence-electron chi connectivity index (χ1n) is 9.06. The number of nitrogens with zero attached hydrogens (tertiary/aromatic N) is 1. The summed E-state index contributed by atoms with van der Waals surface area (Å²) in [6.45, 7) is 0.808. The summed E-state index contributed by atoms with van der Waals surface area (Å²) >= 11 is 0. The molecule has 3 N–H and O–H groups in total. The molecule has 0 aromatic heterocycles. The Hall–Kier alpha value is -3.76. The topological polar surface area (TPSA) is 99.8 Å². The summed E-state index contributed by atoms with van der Waals surface area (Å²) < 4.78 is 44.2. The van der Waals surface area contributed by atoms with Crippen molar-refractivity contribution in [1.29, 1.82) is 0 Å². The number of para-hydroxylation sites is 1. The van der Waals surface area contributed by atoms with E-state index in [4.69, 9.17) is 4.74 Å². The number of benzene rings is 2. The summed E-state index contributed by atoms with van der Waals surface area (Å²) in [5.41, 5.74) is 2.00. The van der Waals surface area contributed by atoms with Crippen LogP contribution in [0.4, 0.5) is 23.7 Å². The molecule has 1 heterocycles. The highest BCUT2D eigenvalue weighted by Gasteiger charge is 2.49. The van der Waals surface area contributed by atoms with Crippen molar-refractivity contribution < 1.29 is 32.3 Å². The zero-order valence-corrected chi connectivity index (χ0v) is 16.5. The lowest BCUT2D eigenvalue weighted by Gasteiger charge is -2.22. The Balaban J connectivity index is 1.68. The fourth-order valence-electron chi connectivity index (χ4n) is 3.12. The van der Waals surface area contributed by atoms with Crippen molar-refractivity contribution in [3.63, 3.8) is 0 Å².